The number of aliphatic hydroxyl groups is 1. The smallest absolute Gasteiger partial charge is 0.303 e. The summed E-state index contributed by atoms with van der Waals surface area (Å²) in [6, 6.07) is 0. The monoisotopic (exact) mass is 634 g/mol. The summed E-state index contributed by atoms with van der Waals surface area (Å²) in [5, 5.41) is 10.6. The van der Waals surface area contributed by atoms with Gasteiger partial charge in [0.25, 0.3) is 0 Å². The highest BCUT2D eigenvalue weighted by Crippen LogP contribution is 2.34. The van der Waals surface area contributed by atoms with Crippen LogP contribution in [-0.2, 0) is 76.1 Å². The third kappa shape index (κ3) is 10.8. The van der Waals surface area contributed by atoms with Crippen molar-refractivity contribution in [2.45, 2.75) is 103 Å². The van der Waals surface area contributed by atoms with Crippen LogP contribution in [-0.4, -0.2) is 122 Å². The fourth-order valence-electron chi connectivity index (χ4n) is 4.53. The van der Waals surface area contributed by atoms with E-state index in [0.717, 1.165) is 41.5 Å². The summed E-state index contributed by atoms with van der Waals surface area (Å²) in [6.07, 6.45) is -13.7. The van der Waals surface area contributed by atoms with Gasteiger partial charge in [-0.2, -0.15) is 0 Å². The minimum Gasteiger partial charge on any atom is -0.463 e. The average molecular weight is 635 g/mol. The molecule has 0 aliphatic carbocycles. The lowest BCUT2D eigenvalue weighted by molar-refractivity contribution is -0.359. The summed E-state index contributed by atoms with van der Waals surface area (Å²) >= 11 is 0. The molecule has 0 aromatic carbocycles. The minimum absolute atomic E-state index is 0.159. The highest BCUT2D eigenvalue weighted by atomic mass is 16.8. The van der Waals surface area contributed by atoms with Gasteiger partial charge in [0.1, 0.15) is 37.6 Å². The molecule has 248 valence electrons. The summed E-state index contributed by atoms with van der Waals surface area (Å²) < 4.78 is 55.2. The van der Waals surface area contributed by atoms with Gasteiger partial charge >= 0.3 is 35.8 Å². The van der Waals surface area contributed by atoms with Crippen LogP contribution >= 0.6 is 0 Å². The minimum atomic E-state index is -1.86. The zero-order valence-electron chi connectivity index (χ0n) is 25.2. The first-order valence-corrected chi connectivity index (χ1v) is 13.5. The molecule has 2 aliphatic heterocycles. The van der Waals surface area contributed by atoms with E-state index in [9.17, 15) is 33.9 Å². The Morgan fingerprint density at radius 1 is 0.614 bits per heavy atom. The van der Waals surface area contributed by atoms with Gasteiger partial charge in [-0.15, -0.1) is 6.58 Å². The molecule has 17 nitrogen and oxygen atoms in total. The van der Waals surface area contributed by atoms with Crippen LogP contribution in [0.2, 0.25) is 0 Å². The van der Waals surface area contributed by atoms with Gasteiger partial charge in [0.2, 0.25) is 0 Å². The molecule has 2 heterocycles. The quantitative estimate of drug-likeness (QED) is 0.150. The molecule has 0 spiro atoms. The Labute approximate surface area is 252 Å². The Hall–Kier alpha value is -3.64. The van der Waals surface area contributed by atoms with Crippen molar-refractivity contribution in [3.8, 4) is 0 Å². The van der Waals surface area contributed by atoms with Crippen LogP contribution in [0.25, 0.3) is 0 Å². The Morgan fingerprint density at radius 3 is 1.50 bits per heavy atom. The first-order chi connectivity index (χ1) is 20.6. The predicted octanol–water partition coefficient (Wildman–Crippen LogP) is -0.762. The molecule has 2 saturated heterocycles. The molecule has 1 unspecified atom stereocenters. The van der Waals surface area contributed by atoms with Crippen molar-refractivity contribution in [2.75, 3.05) is 19.8 Å². The van der Waals surface area contributed by atoms with Crippen LogP contribution in [0.1, 0.15) is 41.5 Å². The van der Waals surface area contributed by atoms with Gasteiger partial charge in [-0.3, -0.25) is 28.8 Å². The average Bonchev–Trinajstić information content (AvgIpc) is 2.90. The van der Waals surface area contributed by atoms with Crippen LogP contribution in [0, 0.1) is 0 Å². The lowest BCUT2D eigenvalue weighted by atomic mass is 9.96. The van der Waals surface area contributed by atoms with E-state index in [1.165, 1.54) is 6.08 Å². The number of rotatable bonds is 13. The Bertz CT molecular complexity index is 1060. The molecule has 2 aliphatic rings. The third-order valence-corrected chi connectivity index (χ3v) is 6.01. The number of ether oxygens (including phenoxy) is 10. The molecule has 2 fully saturated rings. The van der Waals surface area contributed by atoms with Crippen LogP contribution in [0.3, 0.4) is 0 Å². The van der Waals surface area contributed by atoms with Crippen molar-refractivity contribution < 1.29 is 81.2 Å². The topological polar surface area (TPSA) is 215 Å². The molecule has 17 heteroatoms. The lowest BCUT2D eigenvalue weighted by Crippen LogP contribution is -2.67. The molecular formula is C27H38O17. The van der Waals surface area contributed by atoms with E-state index in [-0.39, 0.29) is 6.61 Å². The molecule has 0 bridgehead atoms. The second-order valence-electron chi connectivity index (χ2n) is 9.70. The number of aliphatic hydroxyl groups excluding tert-OH is 1. The standard InChI is InChI=1S/C27H38O17/c1-8-9-35-25-23(40-16(6)32)20(38-14(4)30)19(11-37-13(3)29)43-27(25)44-21-18(10-36-12(2)28)42-26(34)24(41-17(7)33)22(21)39-15(5)31/h8,18-27,34H,1,9-11H2,2-7H3/t18-,19-,20+,21-,22+,23+,24-,25-,26?,27+/m1/s1. The second kappa shape index (κ2) is 17.0. The van der Waals surface area contributed by atoms with Gasteiger partial charge in [0.15, 0.2) is 37.0 Å². The molecule has 0 aromatic heterocycles. The molecular weight excluding hydrogens is 596 g/mol. The van der Waals surface area contributed by atoms with E-state index in [0.29, 0.717) is 0 Å². The summed E-state index contributed by atoms with van der Waals surface area (Å²) in [6.45, 7) is 8.91. The molecule has 44 heavy (non-hydrogen) atoms. The van der Waals surface area contributed by atoms with Crippen molar-refractivity contribution in [3.05, 3.63) is 12.7 Å². The molecule has 1 N–H and O–H groups in total. The van der Waals surface area contributed by atoms with E-state index < -0.39 is 110 Å². The lowest BCUT2D eigenvalue weighted by Gasteiger charge is -2.48. The fourth-order valence-corrected chi connectivity index (χ4v) is 4.53. The SMILES string of the molecule is C=CCO[C@H]1[C@H](O[C@H]2[C@H](OC(C)=O)[C@@H](OC(C)=O)C(O)O[C@@H]2COC(C)=O)O[C@H](COC(C)=O)[C@H](OC(C)=O)[C@@H]1OC(C)=O. The zero-order chi connectivity index (χ0) is 33.1. The molecule has 0 radical (unpaired) electrons. The van der Waals surface area contributed by atoms with Crippen LogP contribution in [0.4, 0.5) is 0 Å². The van der Waals surface area contributed by atoms with E-state index >= 15 is 0 Å². The summed E-state index contributed by atoms with van der Waals surface area (Å²) in [5.41, 5.74) is 0. The number of carbonyl (C=O) groups is 6. The predicted molar refractivity (Wildman–Crippen MR) is 140 cm³/mol. The van der Waals surface area contributed by atoms with Crippen molar-refractivity contribution in [1.29, 1.82) is 0 Å². The Kier molecular flexibility index (Phi) is 14.1. The Balaban J connectivity index is 2.64. The molecule has 0 amide bonds. The second-order valence-corrected chi connectivity index (χ2v) is 9.70. The maximum absolute atomic E-state index is 12.2. The fraction of sp³-hybridized carbons (Fsp3) is 0.704. The largest absolute Gasteiger partial charge is 0.463 e. The number of esters is 6. The molecule has 0 aromatic rings. The highest BCUT2D eigenvalue weighted by Gasteiger charge is 2.56. The molecule has 0 saturated carbocycles. The maximum atomic E-state index is 12.2. The molecule has 10 atom stereocenters. The van der Waals surface area contributed by atoms with Crippen LogP contribution in [0.15, 0.2) is 12.7 Å². The third-order valence-electron chi connectivity index (χ3n) is 6.01. The summed E-state index contributed by atoms with van der Waals surface area (Å²) in [5.74, 6) is -4.78. The van der Waals surface area contributed by atoms with Gasteiger partial charge in [-0.25, -0.2) is 0 Å². The normalized spacial score (nSPS) is 31.5. The van der Waals surface area contributed by atoms with Gasteiger partial charge in [-0.05, 0) is 0 Å². The van der Waals surface area contributed by atoms with Crippen molar-refractivity contribution in [1.82, 2.24) is 0 Å². The van der Waals surface area contributed by atoms with Crippen LogP contribution in [0.5, 0.6) is 0 Å². The van der Waals surface area contributed by atoms with Gasteiger partial charge in [0, 0.05) is 41.5 Å². The van der Waals surface area contributed by atoms with E-state index in [4.69, 9.17) is 47.4 Å². The summed E-state index contributed by atoms with van der Waals surface area (Å²) in [4.78, 5) is 71.5. The van der Waals surface area contributed by atoms with Crippen molar-refractivity contribution in [2.24, 2.45) is 0 Å². The van der Waals surface area contributed by atoms with E-state index in [1.54, 1.807) is 0 Å². The van der Waals surface area contributed by atoms with Crippen molar-refractivity contribution >= 4 is 35.8 Å². The van der Waals surface area contributed by atoms with Crippen LogP contribution < -0.4 is 0 Å². The summed E-state index contributed by atoms with van der Waals surface area (Å²) in [7, 11) is 0. The zero-order valence-corrected chi connectivity index (χ0v) is 25.2. The highest BCUT2D eigenvalue weighted by molar-refractivity contribution is 5.68. The van der Waals surface area contributed by atoms with Crippen molar-refractivity contribution in [3.63, 3.8) is 0 Å². The first-order valence-electron chi connectivity index (χ1n) is 13.5. The van der Waals surface area contributed by atoms with Gasteiger partial charge < -0.3 is 52.5 Å². The maximum Gasteiger partial charge on any atom is 0.303 e. The van der Waals surface area contributed by atoms with E-state index in [2.05, 4.69) is 6.58 Å². The van der Waals surface area contributed by atoms with E-state index in [1.807, 2.05) is 0 Å². The van der Waals surface area contributed by atoms with Gasteiger partial charge in [-0.1, -0.05) is 6.08 Å². The number of hydrogen-bond donors (Lipinski definition) is 1. The Morgan fingerprint density at radius 2 is 1.05 bits per heavy atom. The number of hydrogen-bond acceptors (Lipinski definition) is 17. The molecule has 2 rings (SSSR count). The van der Waals surface area contributed by atoms with Gasteiger partial charge in [0.05, 0.1) is 6.61 Å². The number of carbonyl (C=O) groups excluding carboxylic acids is 6. The first kappa shape index (κ1) is 36.6.